The molecule has 1 aromatic rings. The van der Waals surface area contributed by atoms with Gasteiger partial charge in [0.1, 0.15) is 0 Å². The monoisotopic (exact) mass is 313 g/mol. The predicted molar refractivity (Wildman–Crippen MR) is 72.6 cm³/mol. The lowest BCUT2D eigenvalue weighted by atomic mass is 9.94. The summed E-state index contributed by atoms with van der Waals surface area (Å²) in [6, 6.07) is 5.25. The van der Waals surface area contributed by atoms with Gasteiger partial charge < -0.3 is 10.4 Å². The van der Waals surface area contributed by atoms with E-state index < -0.39 is 11.4 Å². The number of carbonyl (C=O) groups is 2. The fraction of sp³-hybridized carbons (Fsp3) is 0.385. The number of nitrogens with one attached hydrogen (secondary N) is 1. The summed E-state index contributed by atoms with van der Waals surface area (Å²) in [6.07, 6.45) is 0. The number of carboxylic acids is 1. The molecule has 0 aliphatic heterocycles. The Morgan fingerprint density at radius 1 is 1.39 bits per heavy atom. The lowest BCUT2D eigenvalue weighted by molar-refractivity contribution is -0.146. The topological polar surface area (TPSA) is 66.4 Å². The first-order valence-corrected chi connectivity index (χ1v) is 6.31. The number of carbonyl (C=O) groups excluding carboxylic acids is 1. The molecule has 0 radical (unpaired) electrons. The standard InChI is InChI=1S/C13H16BrNO3/c1-8-6-9(4-5-10(8)14)11(16)15-7-13(2,3)12(17)18/h4-6H,7H2,1-3H3,(H,15,16)(H,17,18). The largest absolute Gasteiger partial charge is 0.481 e. The second-order valence-corrected chi connectivity index (χ2v) is 5.69. The highest BCUT2D eigenvalue weighted by Crippen LogP contribution is 2.18. The number of aryl methyl sites for hydroxylation is 1. The van der Waals surface area contributed by atoms with Gasteiger partial charge in [0, 0.05) is 16.6 Å². The molecule has 0 heterocycles. The Kier molecular flexibility index (Phi) is 4.51. The highest BCUT2D eigenvalue weighted by molar-refractivity contribution is 9.10. The molecule has 4 nitrogen and oxygen atoms in total. The van der Waals surface area contributed by atoms with Crippen molar-refractivity contribution in [1.82, 2.24) is 5.32 Å². The van der Waals surface area contributed by atoms with Gasteiger partial charge in [0.15, 0.2) is 0 Å². The van der Waals surface area contributed by atoms with E-state index in [0.717, 1.165) is 10.0 Å². The number of carboxylic acid groups (broad SMARTS) is 1. The zero-order chi connectivity index (χ0) is 13.9. The number of amides is 1. The van der Waals surface area contributed by atoms with Gasteiger partial charge in [-0.25, -0.2) is 0 Å². The molecule has 0 saturated carbocycles. The highest BCUT2D eigenvalue weighted by atomic mass is 79.9. The molecule has 0 aromatic heterocycles. The van der Waals surface area contributed by atoms with E-state index in [0.29, 0.717) is 5.56 Å². The first-order chi connectivity index (χ1) is 8.24. The second-order valence-electron chi connectivity index (χ2n) is 4.84. The average molecular weight is 314 g/mol. The van der Waals surface area contributed by atoms with Crippen LogP contribution in [-0.2, 0) is 4.79 Å². The van der Waals surface area contributed by atoms with Crippen molar-refractivity contribution >= 4 is 27.8 Å². The fourth-order valence-corrected chi connectivity index (χ4v) is 1.51. The first kappa shape index (κ1) is 14.7. The van der Waals surface area contributed by atoms with Crippen LogP contribution in [0.4, 0.5) is 0 Å². The molecule has 0 aliphatic rings. The van der Waals surface area contributed by atoms with Gasteiger partial charge in [-0.3, -0.25) is 9.59 Å². The summed E-state index contributed by atoms with van der Waals surface area (Å²) < 4.78 is 0.935. The van der Waals surface area contributed by atoms with Crippen molar-refractivity contribution in [1.29, 1.82) is 0 Å². The van der Waals surface area contributed by atoms with Gasteiger partial charge in [-0.2, -0.15) is 0 Å². The first-order valence-electron chi connectivity index (χ1n) is 5.52. The van der Waals surface area contributed by atoms with Crippen molar-refractivity contribution < 1.29 is 14.7 Å². The number of halogens is 1. The van der Waals surface area contributed by atoms with E-state index >= 15 is 0 Å². The van der Waals surface area contributed by atoms with Gasteiger partial charge in [-0.05, 0) is 44.5 Å². The second kappa shape index (κ2) is 5.52. The maximum absolute atomic E-state index is 11.9. The molecule has 18 heavy (non-hydrogen) atoms. The van der Waals surface area contributed by atoms with Crippen LogP contribution in [0.15, 0.2) is 22.7 Å². The van der Waals surface area contributed by atoms with Gasteiger partial charge in [0.2, 0.25) is 0 Å². The minimum Gasteiger partial charge on any atom is -0.481 e. The maximum Gasteiger partial charge on any atom is 0.310 e. The SMILES string of the molecule is Cc1cc(C(=O)NCC(C)(C)C(=O)O)ccc1Br. The van der Waals surface area contributed by atoms with Crippen LogP contribution >= 0.6 is 15.9 Å². The molecule has 1 aromatic carbocycles. The molecule has 2 N–H and O–H groups in total. The van der Waals surface area contributed by atoms with E-state index in [9.17, 15) is 9.59 Å². The van der Waals surface area contributed by atoms with Crippen molar-refractivity contribution in [3.63, 3.8) is 0 Å². The normalized spacial score (nSPS) is 11.1. The van der Waals surface area contributed by atoms with Crippen molar-refractivity contribution in [2.24, 2.45) is 5.41 Å². The smallest absolute Gasteiger partial charge is 0.310 e. The molecule has 0 fully saturated rings. The quantitative estimate of drug-likeness (QED) is 0.898. The van der Waals surface area contributed by atoms with Crippen LogP contribution in [0.2, 0.25) is 0 Å². The van der Waals surface area contributed by atoms with Gasteiger partial charge in [0.25, 0.3) is 5.91 Å². The van der Waals surface area contributed by atoms with Gasteiger partial charge >= 0.3 is 5.97 Å². The zero-order valence-electron chi connectivity index (χ0n) is 10.6. The Hall–Kier alpha value is -1.36. The highest BCUT2D eigenvalue weighted by Gasteiger charge is 2.27. The van der Waals surface area contributed by atoms with Crippen LogP contribution in [-0.4, -0.2) is 23.5 Å². The zero-order valence-corrected chi connectivity index (χ0v) is 12.2. The number of aliphatic carboxylic acids is 1. The van der Waals surface area contributed by atoms with E-state index in [1.54, 1.807) is 32.0 Å². The third-order valence-corrected chi connectivity index (χ3v) is 3.58. The van der Waals surface area contributed by atoms with Gasteiger partial charge in [-0.1, -0.05) is 15.9 Å². The van der Waals surface area contributed by atoms with Crippen LogP contribution < -0.4 is 5.32 Å². The van der Waals surface area contributed by atoms with Crippen LogP contribution in [0.5, 0.6) is 0 Å². The third kappa shape index (κ3) is 3.57. The molecule has 1 rings (SSSR count). The van der Waals surface area contributed by atoms with Gasteiger partial charge in [-0.15, -0.1) is 0 Å². The van der Waals surface area contributed by atoms with E-state index in [1.807, 2.05) is 6.92 Å². The Morgan fingerprint density at radius 2 is 2.00 bits per heavy atom. The Balaban J connectivity index is 2.72. The minimum absolute atomic E-state index is 0.0935. The summed E-state index contributed by atoms with van der Waals surface area (Å²) in [5.41, 5.74) is 0.511. The summed E-state index contributed by atoms with van der Waals surface area (Å²) in [6.45, 7) is 5.13. The predicted octanol–water partition coefficient (Wildman–Crippen LogP) is 2.60. The summed E-state index contributed by atoms with van der Waals surface area (Å²) in [4.78, 5) is 22.8. The molecule has 0 atom stereocenters. The van der Waals surface area contributed by atoms with E-state index in [-0.39, 0.29) is 12.5 Å². The van der Waals surface area contributed by atoms with Crippen LogP contribution in [0.25, 0.3) is 0 Å². The van der Waals surface area contributed by atoms with E-state index in [2.05, 4.69) is 21.2 Å². The minimum atomic E-state index is -0.972. The molecule has 98 valence electrons. The molecule has 0 spiro atoms. The molecule has 0 saturated heterocycles. The van der Waals surface area contributed by atoms with Crippen molar-refractivity contribution in [2.75, 3.05) is 6.54 Å². The number of hydrogen-bond donors (Lipinski definition) is 2. The Bertz CT molecular complexity index is 483. The molecule has 5 heteroatoms. The van der Waals surface area contributed by atoms with E-state index in [4.69, 9.17) is 5.11 Å². The fourth-order valence-electron chi connectivity index (χ4n) is 1.26. The van der Waals surface area contributed by atoms with Crippen LogP contribution in [0.3, 0.4) is 0 Å². The Labute approximate surface area is 115 Å². The number of rotatable bonds is 4. The van der Waals surface area contributed by atoms with Crippen molar-refractivity contribution in [2.45, 2.75) is 20.8 Å². The van der Waals surface area contributed by atoms with Crippen LogP contribution in [0, 0.1) is 12.3 Å². The molecular weight excluding hydrogens is 298 g/mol. The number of benzene rings is 1. The van der Waals surface area contributed by atoms with Crippen molar-refractivity contribution in [3.05, 3.63) is 33.8 Å². The lowest BCUT2D eigenvalue weighted by Gasteiger charge is -2.19. The van der Waals surface area contributed by atoms with Crippen LogP contribution in [0.1, 0.15) is 29.8 Å². The molecular formula is C13H16BrNO3. The third-order valence-electron chi connectivity index (χ3n) is 2.69. The molecule has 0 unspecified atom stereocenters. The van der Waals surface area contributed by atoms with Gasteiger partial charge in [0.05, 0.1) is 5.41 Å². The summed E-state index contributed by atoms with van der Waals surface area (Å²) in [5, 5.41) is 11.6. The Morgan fingerprint density at radius 3 is 2.50 bits per heavy atom. The maximum atomic E-state index is 11.9. The lowest BCUT2D eigenvalue weighted by Crippen LogP contribution is -2.38. The molecule has 0 bridgehead atoms. The number of hydrogen-bond acceptors (Lipinski definition) is 2. The van der Waals surface area contributed by atoms with Crippen molar-refractivity contribution in [3.8, 4) is 0 Å². The van der Waals surface area contributed by atoms with E-state index in [1.165, 1.54) is 0 Å². The summed E-state index contributed by atoms with van der Waals surface area (Å²) in [5.74, 6) is -1.20. The summed E-state index contributed by atoms with van der Waals surface area (Å²) in [7, 11) is 0. The molecule has 0 aliphatic carbocycles. The molecule has 1 amide bonds. The summed E-state index contributed by atoms with van der Waals surface area (Å²) >= 11 is 3.36. The average Bonchev–Trinajstić information content (AvgIpc) is 2.29.